The first-order valence-corrected chi connectivity index (χ1v) is 6.64. The number of ketones is 1. The number of hydrogen-bond acceptors (Lipinski definition) is 3. The van der Waals surface area contributed by atoms with E-state index in [1.807, 2.05) is 18.2 Å². The van der Waals surface area contributed by atoms with Crippen molar-refractivity contribution in [2.24, 2.45) is 0 Å². The summed E-state index contributed by atoms with van der Waals surface area (Å²) in [6.07, 6.45) is 3.82. The number of aliphatic carboxylic acids is 1. The van der Waals surface area contributed by atoms with Gasteiger partial charge in [-0.3, -0.25) is 9.59 Å². The topological polar surface area (TPSA) is 54.4 Å². The molecule has 0 spiro atoms. The van der Waals surface area contributed by atoms with E-state index in [1.165, 1.54) is 11.3 Å². The van der Waals surface area contributed by atoms with E-state index >= 15 is 0 Å². The number of allylic oxidation sites excluding steroid dienone is 1. The van der Waals surface area contributed by atoms with E-state index in [2.05, 4.69) is 15.9 Å². The van der Waals surface area contributed by atoms with Gasteiger partial charge in [0.15, 0.2) is 5.78 Å². The number of hydrogen-bond donors (Lipinski definition) is 1. The predicted octanol–water partition coefficient (Wildman–Crippen LogP) is 3.20. The molecule has 0 saturated carbocycles. The molecule has 0 aliphatic rings. The molecule has 0 unspecified atom stereocenters. The number of Topliss-reactive ketones (excluding diaryl/α,β-unsaturated/α-hetero) is 1. The van der Waals surface area contributed by atoms with E-state index < -0.39 is 5.97 Å². The monoisotopic (exact) mass is 302 g/mol. The second kappa shape index (κ2) is 6.60. The highest BCUT2D eigenvalue weighted by Crippen LogP contribution is 2.20. The van der Waals surface area contributed by atoms with Gasteiger partial charge in [0.25, 0.3) is 0 Å². The highest BCUT2D eigenvalue weighted by atomic mass is 79.9. The maximum Gasteiger partial charge on any atom is 0.303 e. The van der Waals surface area contributed by atoms with Crippen LogP contribution in [0.2, 0.25) is 0 Å². The van der Waals surface area contributed by atoms with Crippen molar-refractivity contribution >= 4 is 45.1 Å². The molecule has 1 N–H and O–H groups in total. The van der Waals surface area contributed by atoms with Gasteiger partial charge in [-0.05, 0) is 18.2 Å². The number of alkyl halides is 1. The molecule has 0 fully saturated rings. The maximum atomic E-state index is 11.5. The first-order valence-electron chi connectivity index (χ1n) is 4.71. The van der Waals surface area contributed by atoms with Gasteiger partial charge < -0.3 is 5.11 Å². The Labute approximate surface area is 106 Å². The number of rotatable bonds is 6. The Morgan fingerprint density at radius 3 is 2.75 bits per heavy atom. The largest absolute Gasteiger partial charge is 0.481 e. The maximum absolute atomic E-state index is 11.5. The molecule has 0 aliphatic heterocycles. The molecule has 0 aromatic carbocycles. The van der Waals surface area contributed by atoms with Gasteiger partial charge in [0, 0.05) is 16.6 Å². The van der Waals surface area contributed by atoms with Gasteiger partial charge in [0.1, 0.15) is 0 Å². The Balaban J connectivity index is 2.59. The van der Waals surface area contributed by atoms with Crippen LogP contribution in [-0.2, 0) is 4.79 Å². The van der Waals surface area contributed by atoms with E-state index in [-0.39, 0.29) is 18.6 Å². The molecule has 0 bridgehead atoms. The second-order valence-corrected chi connectivity index (χ2v) is 4.84. The number of halogens is 1. The van der Waals surface area contributed by atoms with E-state index in [1.54, 1.807) is 6.07 Å². The smallest absolute Gasteiger partial charge is 0.303 e. The van der Waals surface area contributed by atoms with Crippen LogP contribution < -0.4 is 0 Å². The molecule has 1 aromatic rings. The minimum Gasteiger partial charge on any atom is -0.481 e. The standard InChI is InChI=1S/C11H11BrO3S/c12-7-1-2-8-3-5-10(16-8)9(13)4-6-11(14)15/h1-3,5H,4,6-7H2,(H,14,15). The number of carboxylic acids is 1. The summed E-state index contributed by atoms with van der Waals surface area (Å²) in [5, 5.41) is 9.24. The summed E-state index contributed by atoms with van der Waals surface area (Å²) in [4.78, 5) is 23.5. The van der Waals surface area contributed by atoms with Gasteiger partial charge in [0.2, 0.25) is 0 Å². The van der Waals surface area contributed by atoms with Crippen LogP contribution in [0, 0.1) is 0 Å². The van der Waals surface area contributed by atoms with E-state index in [0.717, 1.165) is 10.2 Å². The van der Waals surface area contributed by atoms with E-state index in [4.69, 9.17) is 5.11 Å². The van der Waals surface area contributed by atoms with Crippen LogP contribution in [0.5, 0.6) is 0 Å². The average Bonchev–Trinajstić information content (AvgIpc) is 2.71. The fourth-order valence-corrected chi connectivity index (χ4v) is 2.19. The summed E-state index contributed by atoms with van der Waals surface area (Å²) in [6.45, 7) is 0. The zero-order valence-corrected chi connectivity index (χ0v) is 10.9. The SMILES string of the molecule is O=C(O)CCC(=O)c1ccc(C=CCBr)s1. The summed E-state index contributed by atoms with van der Waals surface area (Å²) in [5.41, 5.74) is 0. The molecule has 1 heterocycles. The summed E-state index contributed by atoms with van der Waals surface area (Å²) in [5.74, 6) is -1.05. The average molecular weight is 303 g/mol. The third-order valence-corrected chi connectivity index (χ3v) is 3.30. The van der Waals surface area contributed by atoms with Crippen LogP contribution in [0.4, 0.5) is 0 Å². The number of carbonyl (C=O) groups is 2. The molecule has 16 heavy (non-hydrogen) atoms. The van der Waals surface area contributed by atoms with Crippen molar-refractivity contribution < 1.29 is 14.7 Å². The van der Waals surface area contributed by atoms with Crippen LogP contribution in [0.15, 0.2) is 18.2 Å². The predicted molar refractivity (Wildman–Crippen MR) is 68.3 cm³/mol. The second-order valence-electron chi connectivity index (χ2n) is 3.08. The van der Waals surface area contributed by atoms with Gasteiger partial charge in [-0.2, -0.15) is 0 Å². The molecule has 0 saturated heterocycles. The van der Waals surface area contributed by atoms with Crippen LogP contribution in [-0.4, -0.2) is 22.2 Å². The van der Waals surface area contributed by atoms with Crippen molar-refractivity contribution in [1.29, 1.82) is 0 Å². The van der Waals surface area contributed by atoms with Gasteiger partial charge >= 0.3 is 5.97 Å². The van der Waals surface area contributed by atoms with Gasteiger partial charge in [0.05, 0.1) is 11.3 Å². The number of carbonyl (C=O) groups excluding carboxylic acids is 1. The summed E-state index contributed by atoms with van der Waals surface area (Å²) >= 11 is 4.65. The van der Waals surface area contributed by atoms with E-state index in [9.17, 15) is 9.59 Å². The normalized spacial score (nSPS) is 10.8. The summed E-state index contributed by atoms with van der Waals surface area (Å²) in [6, 6.07) is 3.60. The fourth-order valence-electron chi connectivity index (χ4n) is 1.10. The van der Waals surface area contributed by atoms with Crippen molar-refractivity contribution in [3.05, 3.63) is 28.0 Å². The van der Waals surface area contributed by atoms with Crippen LogP contribution in [0.25, 0.3) is 6.08 Å². The zero-order valence-electron chi connectivity index (χ0n) is 8.48. The molecule has 3 nitrogen and oxygen atoms in total. The van der Waals surface area contributed by atoms with Gasteiger partial charge in [-0.15, -0.1) is 11.3 Å². The Morgan fingerprint density at radius 1 is 1.38 bits per heavy atom. The van der Waals surface area contributed by atoms with Crippen molar-refractivity contribution in [2.45, 2.75) is 12.8 Å². The van der Waals surface area contributed by atoms with Crippen LogP contribution in [0.1, 0.15) is 27.4 Å². The fraction of sp³-hybridized carbons (Fsp3) is 0.273. The van der Waals surface area contributed by atoms with Crippen molar-refractivity contribution in [3.8, 4) is 0 Å². The lowest BCUT2D eigenvalue weighted by Crippen LogP contribution is -2.01. The molecule has 1 rings (SSSR count). The number of thiophene rings is 1. The minimum absolute atomic E-state index is 0.0669. The minimum atomic E-state index is -0.940. The van der Waals surface area contributed by atoms with Crippen LogP contribution >= 0.6 is 27.3 Å². The first-order chi connectivity index (χ1) is 7.63. The Morgan fingerprint density at radius 2 is 2.12 bits per heavy atom. The zero-order chi connectivity index (χ0) is 12.0. The van der Waals surface area contributed by atoms with Crippen molar-refractivity contribution in [1.82, 2.24) is 0 Å². The quantitative estimate of drug-likeness (QED) is 0.648. The van der Waals surface area contributed by atoms with Crippen molar-refractivity contribution in [2.75, 3.05) is 5.33 Å². The van der Waals surface area contributed by atoms with Crippen molar-refractivity contribution in [3.63, 3.8) is 0 Å². The molecule has 1 aromatic heterocycles. The van der Waals surface area contributed by atoms with Gasteiger partial charge in [-0.25, -0.2) is 0 Å². The lowest BCUT2D eigenvalue weighted by Gasteiger charge is -1.93. The Bertz CT molecular complexity index is 409. The highest BCUT2D eigenvalue weighted by molar-refractivity contribution is 9.09. The summed E-state index contributed by atoms with van der Waals surface area (Å²) < 4.78 is 0. The molecular formula is C11H11BrO3S. The summed E-state index contributed by atoms with van der Waals surface area (Å²) in [7, 11) is 0. The molecule has 0 radical (unpaired) electrons. The Kier molecular flexibility index (Phi) is 5.42. The Hall–Kier alpha value is -0.940. The van der Waals surface area contributed by atoms with Gasteiger partial charge in [-0.1, -0.05) is 22.0 Å². The molecule has 5 heteroatoms. The molecule has 86 valence electrons. The first kappa shape index (κ1) is 13.1. The van der Waals surface area contributed by atoms with E-state index in [0.29, 0.717) is 4.88 Å². The van der Waals surface area contributed by atoms with Crippen LogP contribution in [0.3, 0.4) is 0 Å². The molecular weight excluding hydrogens is 292 g/mol. The number of carboxylic acid groups (broad SMARTS) is 1. The third-order valence-electron chi connectivity index (χ3n) is 1.84. The molecule has 0 atom stereocenters. The third kappa shape index (κ3) is 4.28. The molecule has 0 amide bonds. The highest BCUT2D eigenvalue weighted by Gasteiger charge is 2.10. The molecule has 0 aliphatic carbocycles. The lowest BCUT2D eigenvalue weighted by molar-refractivity contribution is -0.136. The lowest BCUT2D eigenvalue weighted by atomic mass is 10.2.